The molecule has 9 heteroatoms. The van der Waals surface area contributed by atoms with Crippen molar-refractivity contribution in [1.82, 2.24) is 19.3 Å². The number of rotatable bonds is 8. The summed E-state index contributed by atoms with van der Waals surface area (Å²) in [5.41, 5.74) is 4.23. The minimum absolute atomic E-state index is 0.113. The van der Waals surface area contributed by atoms with E-state index < -0.39 is 0 Å². The highest BCUT2D eigenvalue weighted by Crippen LogP contribution is 2.21. The Morgan fingerprint density at radius 2 is 1.88 bits per heavy atom. The number of benzene rings is 2. The Labute approximate surface area is 207 Å². The van der Waals surface area contributed by atoms with E-state index in [9.17, 15) is 9.59 Å². The first kappa shape index (κ1) is 24.0. The molecule has 4 aromatic rings. The van der Waals surface area contributed by atoms with E-state index in [0.717, 1.165) is 22.5 Å². The van der Waals surface area contributed by atoms with Crippen LogP contribution in [0.1, 0.15) is 23.2 Å². The second-order valence-electron chi connectivity index (χ2n) is 8.13. The van der Waals surface area contributed by atoms with Crippen molar-refractivity contribution in [2.24, 2.45) is 0 Å². The molecule has 34 heavy (non-hydrogen) atoms. The van der Waals surface area contributed by atoms with E-state index in [1.165, 1.54) is 11.8 Å². The van der Waals surface area contributed by atoms with Crippen LogP contribution >= 0.6 is 23.4 Å². The normalized spacial score (nSPS) is 11.2. The van der Waals surface area contributed by atoms with Crippen LogP contribution in [0.2, 0.25) is 5.02 Å². The van der Waals surface area contributed by atoms with Crippen LogP contribution in [0.5, 0.6) is 0 Å². The number of carbonyl (C=O) groups is 1. The number of fused-ring (bicyclic) bond motifs is 1. The lowest BCUT2D eigenvalue weighted by atomic mass is 10.1. The molecule has 7 nitrogen and oxygen atoms in total. The summed E-state index contributed by atoms with van der Waals surface area (Å²) in [5, 5.41) is 9.04. The first-order valence-electron chi connectivity index (χ1n) is 11.0. The fourth-order valence-corrected chi connectivity index (χ4v) is 4.63. The quantitative estimate of drug-likeness (QED) is 0.275. The molecule has 2 aromatic carbocycles. The van der Waals surface area contributed by atoms with Crippen molar-refractivity contribution in [3.8, 4) is 0 Å². The lowest BCUT2D eigenvalue weighted by Crippen LogP contribution is -2.25. The third-order valence-electron chi connectivity index (χ3n) is 5.69. The molecule has 0 bridgehead atoms. The maximum Gasteiger partial charge on any atom is 0.262 e. The number of aromatic nitrogens is 4. The Kier molecular flexibility index (Phi) is 7.38. The van der Waals surface area contributed by atoms with Gasteiger partial charge in [0.05, 0.1) is 27.4 Å². The summed E-state index contributed by atoms with van der Waals surface area (Å²) in [5.74, 6) is 0.000809. The molecule has 0 radical (unpaired) electrons. The second kappa shape index (κ2) is 10.4. The first-order chi connectivity index (χ1) is 16.3. The van der Waals surface area contributed by atoms with Crippen molar-refractivity contribution < 1.29 is 4.79 Å². The fourth-order valence-electron chi connectivity index (χ4n) is 3.66. The molecule has 2 aromatic heterocycles. The van der Waals surface area contributed by atoms with Gasteiger partial charge in [0.2, 0.25) is 5.91 Å². The van der Waals surface area contributed by atoms with Gasteiger partial charge in [0.15, 0.2) is 5.16 Å². The fraction of sp³-hybridized carbons (Fsp3) is 0.280. The number of amides is 1. The SMILES string of the molecule is Cc1cccc(NC(=O)CSc2nc3ccccc3c(=O)n2CCCn2cc(Cl)c(C)n2)c1C. The van der Waals surface area contributed by atoms with Gasteiger partial charge in [-0.25, -0.2) is 4.98 Å². The van der Waals surface area contributed by atoms with Crippen LogP contribution in [0.25, 0.3) is 10.9 Å². The third kappa shape index (κ3) is 5.34. The van der Waals surface area contributed by atoms with Crippen molar-refractivity contribution in [2.45, 2.75) is 45.4 Å². The van der Waals surface area contributed by atoms with E-state index in [0.29, 0.717) is 40.6 Å². The van der Waals surface area contributed by atoms with Gasteiger partial charge in [0, 0.05) is 25.0 Å². The average molecular weight is 496 g/mol. The summed E-state index contributed by atoms with van der Waals surface area (Å²) < 4.78 is 3.43. The summed E-state index contributed by atoms with van der Waals surface area (Å²) >= 11 is 7.36. The molecule has 0 aliphatic rings. The molecular weight excluding hydrogens is 470 g/mol. The lowest BCUT2D eigenvalue weighted by molar-refractivity contribution is -0.113. The van der Waals surface area contributed by atoms with Gasteiger partial charge in [0.25, 0.3) is 5.56 Å². The van der Waals surface area contributed by atoms with Crippen LogP contribution in [0.3, 0.4) is 0 Å². The van der Waals surface area contributed by atoms with Crippen LogP contribution in [0.15, 0.2) is 58.6 Å². The zero-order chi connectivity index (χ0) is 24.2. The highest BCUT2D eigenvalue weighted by Gasteiger charge is 2.14. The molecule has 1 N–H and O–H groups in total. The van der Waals surface area contributed by atoms with Gasteiger partial charge < -0.3 is 5.32 Å². The Balaban J connectivity index is 1.52. The molecular formula is C25H26ClN5O2S. The molecule has 0 fully saturated rings. The van der Waals surface area contributed by atoms with Crippen LogP contribution in [-0.2, 0) is 17.9 Å². The molecule has 4 rings (SSSR count). The average Bonchev–Trinajstić information content (AvgIpc) is 3.14. The smallest absolute Gasteiger partial charge is 0.262 e. The number of anilines is 1. The van der Waals surface area contributed by atoms with E-state index in [4.69, 9.17) is 16.6 Å². The van der Waals surface area contributed by atoms with Crippen LogP contribution in [-0.4, -0.2) is 31.0 Å². The summed E-state index contributed by atoms with van der Waals surface area (Å²) in [4.78, 5) is 30.6. The van der Waals surface area contributed by atoms with Crippen molar-refractivity contribution >= 4 is 45.9 Å². The highest BCUT2D eigenvalue weighted by molar-refractivity contribution is 7.99. The van der Waals surface area contributed by atoms with Gasteiger partial charge in [-0.15, -0.1) is 0 Å². The number of nitrogens with one attached hydrogen (secondary N) is 1. The van der Waals surface area contributed by atoms with Crippen LogP contribution in [0, 0.1) is 20.8 Å². The summed E-state index contributed by atoms with van der Waals surface area (Å²) in [6.07, 6.45) is 2.45. The van der Waals surface area contributed by atoms with Gasteiger partial charge >= 0.3 is 0 Å². The van der Waals surface area contributed by atoms with Crippen molar-refractivity contribution in [1.29, 1.82) is 0 Å². The maximum absolute atomic E-state index is 13.2. The van der Waals surface area contributed by atoms with Gasteiger partial charge in [-0.1, -0.05) is 47.6 Å². The third-order valence-corrected chi connectivity index (χ3v) is 7.04. The Hall–Kier alpha value is -3.10. The molecule has 0 atom stereocenters. The van der Waals surface area contributed by atoms with E-state index in [1.54, 1.807) is 21.5 Å². The number of hydrogen-bond acceptors (Lipinski definition) is 5. The standard InChI is InChI=1S/C25H26ClN5O2S/c1-16-8-6-11-21(17(16)2)27-23(32)15-34-25-28-22-10-5-4-9-19(22)24(33)31(25)13-7-12-30-14-20(26)18(3)29-30/h4-6,8-11,14H,7,12-13,15H2,1-3H3,(H,27,32). The predicted molar refractivity (Wildman–Crippen MR) is 138 cm³/mol. The number of para-hydroxylation sites is 1. The highest BCUT2D eigenvalue weighted by atomic mass is 35.5. The maximum atomic E-state index is 13.2. The van der Waals surface area contributed by atoms with Crippen LogP contribution < -0.4 is 10.9 Å². The molecule has 0 spiro atoms. The number of thioether (sulfide) groups is 1. The minimum Gasteiger partial charge on any atom is -0.325 e. The van der Waals surface area contributed by atoms with E-state index in [1.807, 2.05) is 57.2 Å². The van der Waals surface area contributed by atoms with Crippen molar-refractivity contribution in [3.63, 3.8) is 0 Å². The monoisotopic (exact) mass is 495 g/mol. The second-order valence-corrected chi connectivity index (χ2v) is 9.48. The zero-order valence-electron chi connectivity index (χ0n) is 19.3. The molecule has 0 unspecified atom stereocenters. The number of nitrogens with zero attached hydrogens (tertiary/aromatic N) is 4. The van der Waals surface area contributed by atoms with Gasteiger partial charge in [-0.05, 0) is 56.5 Å². The number of carbonyl (C=O) groups excluding carboxylic acids is 1. The van der Waals surface area contributed by atoms with Gasteiger partial charge in [0.1, 0.15) is 0 Å². The number of aryl methyl sites for hydroxylation is 3. The lowest BCUT2D eigenvalue weighted by Gasteiger charge is -2.14. The number of halogens is 1. The first-order valence-corrected chi connectivity index (χ1v) is 12.4. The molecule has 1 amide bonds. The molecule has 0 aliphatic carbocycles. The van der Waals surface area contributed by atoms with Crippen LogP contribution in [0.4, 0.5) is 5.69 Å². The summed E-state index contributed by atoms with van der Waals surface area (Å²) in [7, 11) is 0. The molecule has 0 saturated heterocycles. The minimum atomic E-state index is -0.144. The summed E-state index contributed by atoms with van der Waals surface area (Å²) in [6.45, 7) is 6.91. The Bertz CT molecular complexity index is 1390. The molecule has 176 valence electrons. The van der Waals surface area contributed by atoms with Gasteiger partial charge in [-0.2, -0.15) is 5.10 Å². The van der Waals surface area contributed by atoms with Gasteiger partial charge in [-0.3, -0.25) is 18.8 Å². The molecule has 2 heterocycles. The van der Waals surface area contributed by atoms with E-state index in [-0.39, 0.29) is 17.2 Å². The Morgan fingerprint density at radius 3 is 2.65 bits per heavy atom. The predicted octanol–water partition coefficient (Wildman–Crippen LogP) is 4.99. The van der Waals surface area contributed by atoms with E-state index in [2.05, 4.69) is 10.4 Å². The largest absolute Gasteiger partial charge is 0.325 e. The van der Waals surface area contributed by atoms with Crippen molar-refractivity contribution in [2.75, 3.05) is 11.1 Å². The van der Waals surface area contributed by atoms with Crippen molar-refractivity contribution in [3.05, 3.63) is 80.9 Å². The molecule has 0 aliphatic heterocycles. The van der Waals surface area contributed by atoms with E-state index >= 15 is 0 Å². The number of hydrogen-bond donors (Lipinski definition) is 1. The molecule has 0 saturated carbocycles. The summed E-state index contributed by atoms with van der Waals surface area (Å²) in [6, 6.07) is 13.1. The zero-order valence-corrected chi connectivity index (χ0v) is 20.9. The topological polar surface area (TPSA) is 81.8 Å². The Morgan fingerprint density at radius 1 is 1.09 bits per heavy atom.